The lowest BCUT2D eigenvalue weighted by Crippen LogP contribution is -3.03. The molecule has 0 spiro atoms. The first-order chi connectivity index (χ1) is 3.80. The van der Waals surface area contributed by atoms with Gasteiger partial charge in [-0.25, -0.2) is 5.11 Å². The second kappa shape index (κ2) is 1.85. The second-order valence-electron chi connectivity index (χ2n) is 1.26. The van der Waals surface area contributed by atoms with Crippen molar-refractivity contribution in [2.45, 2.75) is 0 Å². The zero-order valence-corrected chi connectivity index (χ0v) is 3.96. The minimum absolute atomic E-state index is 0.604. The summed E-state index contributed by atoms with van der Waals surface area (Å²) in [5.41, 5.74) is 0. The molecular formula is C4H4NO3. The number of allylic oxidation sites excluding steroid dienone is 2. The molecule has 0 fully saturated rings. The van der Waals surface area contributed by atoms with E-state index in [9.17, 15) is 10.3 Å². The summed E-state index contributed by atoms with van der Waals surface area (Å²) in [5.74, 6) is -0.604. The largest absolute Gasteiger partial charge is 0.583 e. The summed E-state index contributed by atoms with van der Waals surface area (Å²) in [5, 5.41) is 19.5. The number of nitrogens with one attached hydrogen (secondary N) is 1. The molecule has 1 aliphatic heterocycles. The van der Waals surface area contributed by atoms with Crippen LogP contribution in [0.4, 0.5) is 0 Å². The van der Waals surface area contributed by atoms with Crippen LogP contribution < -0.4 is 5.23 Å². The highest BCUT2D eigenvalue weighted by molar-refractivity contribution is 5.00. The first-order valence-corrected chi connectivity index (χ1v) is 2.05. The van der Waals surface area contributed by atoms with Crippen LogP contribution in [0.1, 0.15) is 0 Å². The van der Waals surface area contributed by atoms with E-state index < -0.39 is 11.1 Å². The van der Waals surface area contributed by atoms with Crippen LogP contribution in [-0.4, -0.2) is 0 Å². The van der Waals surface area contributed by atoms with Crippen LogP contribution in [-0.2, 0) is 9.94 Å². The fraction of sp³-hybridized carbons (Fsp3) is 0. The summed E-state index contributed by atoms with van der Waals surface area (Å²) in [6, 6.07) is 0. The number of hydroxylamine groups is 2. The topological polar surface area (TPSA) is 56.6 Å². The van der Waals surface area contributed by atoms with Gasteiger partial charge in [-0.1, -0.05) is 0 Å². The van der Waals surface area contributed by atoms with Gasteiger partial charge in [-0.2, -0.15) is 0 Å². The third-order valence-corrected chi connectivity index (χ3v) is 0.702. The average molecular weight is 114 g/mol. The highest BCUT2D eigenvalue weighted by Crippen LogP contribution is 1.85. The molecule has 0 aromatic heterocycles. The SMILES string of the molecule is [O]C1=CC=CO[NH+]1[O-]. The fourth-order valence-corrected chi connectivity index (χ4v) is 0.354. The van der Waals surface area contributed by atoms with Crippen molar-refractivity contribution in [1.29, 1.82) is 0 Å². The molecule has 0 aromatic carbocycles. The summed E-state index contributed by atoms with van der Waals surface area (Å²) >= 11 is 0. The normalized spacial score (nSPS) is 26.6. The van der Waals surface area contributed by atoms with Gasteiger partial charge in [0.2, 0.25) is 0 Å². The highest BCUT2D eigenvalue weighted by atomic mass is 16.9. The number of hydrogen-bond acceptors (Lipinski definition) is 2. The van der Waals surface area contributed by atoms with Gasteiger partial charge in [0.1, 0.15) is 0 Å². The van der Waals surface area contributed by atoms with E-state index >= 15 is 0 Å². The van der Waals surface area contributed by atoms with E-state index in [2.05, 4.69) is 4.84 Å². The maximum Gasteiger partial charge on any atom is 0.378 e. The molecule has 1 unspecified atom stereocenters. The molecule has 1 rings (SSSR count). The summed E-state index contributed by atoms with van der Waals surface area (Å²) in [7, 11) is 0. The van der Waals surface area contributed by atoms with E-state index in [1.165, 1.54) is 12.3 Å². The van der Waals surface area contributed by atoms with Gasteiger partial charge in [-0.3, -0.25) is 0 Å². The smallest absolute Gasteiger partial charge is 0.378 e. The van der Waals surface area contributed by atoms with Gasteiger partial charge < -0.3 is 10.0 Å². The zero-order valence-electron chi connectivity index (χ0n) is 3.96. The third kappa shape index (κ3) is 0.800. The van der Waals surface area contributed by atoms with Crippen LogP contribution in [0, 0.1) is 5.21 Å². The van der Waals surface area contributed by atoms with Crippen LogP contribution >= 0.6 is 0 Å². The van der Waals surface area contributed by atoms with E-state index in [1.807, 2.05) is 0 Å². The molecule has 4 heteroatoms. The molecule has 1 N–H and O–H groups in total. The van der Waals surface area contributed by atoms with Crippen LogP contribution in [0.5, 0.6) is 0 Å². The van der Waals surface area contributed by atoms with Crippen molar-refractivity contribution in [1.82, 2.24) is 0 Å². The molecule has 43 valence electrons. The van der Waals surface area contributed by atoms with Gasteiger partial charge in [-0.15, -0.1) is 5.23 Å². The number of quaternary nitrogens is 1. The molecule has 1 atom stereocenters. The summed E-state index contributed by atoms with van der Waals surface area (Å²) < 4.78 is 0. The lowest BCUT2D eigenvalue weighted by atomic mass is 10.5. The molecule has 1 radical (unpaired) electrons. The van der Waals surface area contributed by atoms with E-state index in [4.69, 9.17) is 0 Å². The molecule has 0 saturated heterocycles. The molecule has 8 heavy (non-hydrogen) atoms. The van der Waals surface area contributed by atoms with Crippen molar-refractivity contribution < 1.29 is 15.2 Å². The molecule has 4 nitrogen and oxygen atoms in total. The Hall–Kier alpha value is -1.00. The van der Waals surface area contributed by atoms with Crippen LogP contribution in [0.2, 0.25) is 0 Å². The van der Waals surface area contributed by atoms with Gasteiger partial charge in [0.15, 0.2) is 6.26 Å². The molecular weight excluding hydrogens is 110 g/mol. The van der Waals surface area contributed by atoms with Crippen molar-refractivity contribution in [2.75, 3.05) is 0 Å². The molecule has 1 aliphatic rings. The molecule has 1 heterocycles. The summed E-state index contributed by atoms with van der Waals surface area (Å²) in [6.07, 6.45) is 3.71. The first-order valence-electron chi connectivity index (χ1n) is 2.05. The Morgan fingerprint density at radius 2 is 2.50 bits per heavy atom. The van der Waals surface area contributed by atoms with Crippen LogP contribution in [0.3, 0.4) is 0 Å². The molecule has 0 amide bonds. The predicted molar refractivity (Wildman–Crippen MR) is 23.3 cm³/mol. The predicted octanol–water partition coefficient (Wildman–Crippen LogP) is -0.900. The zero-order chi connectivity index (χ0) is 5.98. The molecule has 0 saturated carbocycles. The average Bonchev–Trinajstić information content (AvgIpc) is 1.77. The molecule has 0 bridgehead atoms. The molecule has 0 aromatic rings. The Morgan fingerprint density at radius 1 is 1.75 bits per heavy atom. The minimum Gasteiger partial charge on any atom is -0.583 e. The minimum atomic E-state index is -0.812. The van der Waals surface area contributed by atoms with E-state index in [1.54, 1.807) is 0 Å². The standard InChI is InChI=1S/C4H4NO3/c6-4-2-1-3-8-5(4)7/h1-3,5H. The van der Waals surface area contributed by atoms with Gasteiger partial charge in [-0.05, 0) is 6.08 Å². The Kier molecular flexibility index (Phi) is 1.19. The van der Waals surface area contributed by atoms with E-state index in [0.29, 0.717) is 0 Å². The number of rotatable bonds is 0. The Balaban J connectivity index is 2.66. The van der Waals surface area contributed by atoms with E-state index in [0.717, 1.165) is 6.08 Å². The second-order valence-corrected chi connectivity index (χ2v) is 1.26. The maximum absolute atomic E-state index is 10.2. The quantitative estimate of drug-likeness (QED) is 0.415. The van der Waals surface area contributed by atoms with Crippen molar-refractivity contribution in [3.63, 3.8) is 0 Å². The summed E-state index contributed by atoms with van der Waals surface area (Å²) in [4.78, 5) is 4.19. The molecule has 0 aliphatic carbocycles. The maximum atomic E-state index is 10.2. The lowest BCUT2D eigenvalue weighted by Gasteiger charge is -2.15. The van der Waals surface area contributed by atoms with E-state index in [-0.39, 0.29) is 0 Å². The highest BCUT2D eigenvalue weighted by Gasteiger charge is 2.07. The van der Waals surface area contributed by atoms with Crippen molar-refractivity contribution in [3.05, 3.63) is 29.5 Å². The van der Waals surface area contributed by atoms with Gasteiger partial charge in [0.05, 0.1) is 6.08 Å². The fourth-order valence-electron chi connectivity index (χ4n) is 0.354. The van der Waals surface area contributed by atoms with Crippen molar-refractivity contribution in [3.8, 4) is 0 Å². The van der Waals surface area contributed by atoms with Crippen molar-refractivity contribution >= 4 is 0 Å². The third-order valence-electron chi connectivity index (χ3n) is 0.702. The van der Waals surface area contributed by atoms with Crippen LogP contribution in [0.25, 0.3) is 0 Å². The van der Waals surface area contributed by atoms with Gasteiger partial charge in [0.25, 0.3) is 0 Å². The van der Waals surface area contributed by atoms with Crippen LogP contribution in [0.15, 0.2) is 24.3 Å². The van der Waals surface area contributed by atoms with Crippen molar-refractivity contribution in [2.24, 2.45) is 0 Å². The Morgan fingerprint density at radius 3 is 2.88 bits per heavy atom. The van der Waals surface area contributed by atoms with Gasteiger partial charge in [0, 0.05) is 0 Å². The van der Waals surface area contributed by atoms with Gasteiger partial charge >= 0.3 is 5.88 Å². The monoisotopic (exact) mass is 114 g/mol. The Bertz CT molecular complexity index is 140. The number of hydrogen-bond donors (Lipinski definition) is 1. The first kappa shape index (κ1) is 5.14. The lowest BCUT2D eigenvalue weighted by molar-refractivity contribution is -1.02. The Labute approximate surface area is 45.8 Å². The summed E-state index contributed by atoms with van der Waals surface area (Å²) in [6.45, 7) is 0.